The van der Waals surface area contributed by atoms with E-state index in [9.17, 15) is 0 Å². The van der Waals surface area contributed by atoms with Crippen molar-refractivity contribution in [1.82, 2.24) is 0 Å². The SMILES string of the molecule is Cc1cc2c3c(c1)N(c1ccc(C(C)(C)C)cc1-c1ccccc1)c1cc4c(cc1B3c1cc(C(C)(C)c3ccccc3)ccc1N2c1cc2c(cc1C)C(C)(C)CCC2(C)C)C(C)(C)CC4(C)C. The van der Waals surface area contributed by atoms with Gasteiger partial charge in [-0.1, -0.05) is 181 Å². The van der Waals surface area contributed by atoms with Gasteiger partial charge in [-0.05, 0) is 175 Å². The Morgan fingerprint density at radius 3 is 1.57 bits per heavy atom. The zero-order chi connectivity index (χ0) is 49.0. The van der Waals surface area contributed by atoms with Gasteiger partial charge in [0.05, 0.1) is 5.69 Å². The van der Waals surface area contributed by atoms with Crippen molar-refractivity contribution in [2.24, 2.45) is 0 Å². The summed E-state index contributed by atoms with van der Waals surface area (Å²) in [5, 5.41) is 0. The average molecular weight is 905 g/mol. The van der Waals surface area contributed by atoms with Crippen LogP contribution in [-0.4, -0.2) is 6.71 Å². The topological polar surface area (TPSA) is 6.48 Å². The van der Waals surface area contributed by atoms with Crippen molar-refractivity contribution in [3.8, 4) is 11.1 Å². The highest BCUT2D eigenvalue weighted by molar-refractivity contribution is 7.00. The Morgan fingerprint density at radius 2 is 0.942 bits per heavy atom. The Bertz CT molecular complexity index is 3230. The van der Waals surface area contributed by atoms with Crippen molar-refractivity contribution in [2.45, 2.75) is 156 Å². The van der Waals surface area contributed by atoms with Gasteiger partial charge >= 0.3 is 0 Å². The summed E-state index contributed by atoms with van der Waals surface area (Å²) >= 11 is 0. The van der Waals surface area contributed by atoms with Gasteiger partial charge in [0.25, 0.3) is 6.71 Å². The average Bonchev–Trinajstić information content (AvgIpc) is 3.48. The van der Waals surface area contributed by atoms with E-state index in [4.69, 9.17) is 0 Å². The van der Waals surface area contributed by atoms with Gasteiger partial charge in [0.1, 0.15) is 0 Å². The molecule has 350 valence electrons. The summed E-state index contributed by atoms with van der Waals surface area (Å²) in [4.78, 5) is 5.38. The largest absolute Gasteiger partial charge is 0.311 e. The van der Waals surface area contributed by atoms with Gasteiger partial charge in [-0.3, -0.25) is 0 Å². The van der Waals surface area contributed by atoms with Crippen LogP contribution in [0.4, 0.5) is 34.1 Å². The maximum Gasteiger partial charge on any atom is 0.252 e. The molecule has 3 heteroatoms. The molecular formula is C66H73BN2. The molecule has 0 atom stereocenters. The van der Waals surface area contributed by atoms with Gasteiger partial charge in [-0.15, -0.1) is 0 Å². The van der Waals surface area contributed by atoms with Crippen LogP contribution in [0.5, 0.6) is 0 Å². The molecule has 0 saturated heterocycles. The second-order valence-corrected chi connectivity index (χ2v) is 25.8. The van der Waals surface area contributed by atoms with Gasteiger partial charge in [0.2, 0.25) is 0 Å². The second kappa shape index (κ2) is 15.1. The lowest BCUT2D eigenvalue weighted by molar-refractivity contribution is 0.332. The summed E-state index contributed by atoms with van der Waals surface area (Å²) in [5.41, 5.74) is 26.9. The van der Waals surface area contributed by atoms with Crippen LogP contribution < -0.4 is 26.2 Å². The van der Waals surface area contributed by atoms with Crippen molar-refractivity contribution < 1.29 is 0 Å². The Balaban J connectivity index is 1.27. The van der Waals surface area contributed by atoms with Gasteiger partial charge in [-0.25, -0.2) is 0 Å². The van der Waals surface area contributed by atoms with Crippen LogP contribution in [0.1, 0.15) is 159 Å². The van der Waals surface area contributed by atoms with Gasteiger partial charge in [-0.2, -0.15) is 0 Å². The normalized spacial score (nSPS) is 18.0. The monoisotopic (exact) mass is 905 g/mol. The van der Waals surface area contributed by atoms with Crippen molar-refractivity contribution in [1.29, 1.82) is 0 Å². The minimum absolute atomic E-state index is 0.00627. The highest BCUT2D eigenvalue weighted by Gasteiger charge is 2.49. The quantitative estimate of drug-likeness (QED) is 0.159. The van der Waals surface area contributed by atoms with Gasteiger partial charge < -0.3 is 9.80 Å². The summed E-state index contributed by atoms with van der Waals surface area (Å²) in [5.74, 6) is 0. The molecule has 0 N–H and O–H groups in total. The summed E-state index contributed by atoms with van der Waals surface area (Å²) in [6, 6.07) is 52.6. The standard InChI is InChI=1S/C66H73BN2/c1-41-32-58-60-59(33-41)69(56-38-50-48(34-42(56)2)62(6,7)30-31-63(50,8)9)55-29-27-46(66(14,15)44-24-20-17-21-25-44)36-52(55)67(60)53-37-49-51(65(12,13)40-64(49,10)11)39-57(53)68(58)54-28-26-45(61(3,4)5)35-47(54)43-22-18-16-19-23-43/h16-29,32-39H,30-31,40H2,1-15H3. The van der Waals surface area contributed by atoms with E-state index in [2.05, 4.69) is 247 Å². The summed E-state index contributed by atoms with van der Waals surface area (Å²) in [7, 11) is 0. The van der Waals surface area contributed by atoms with Crippen LogP contribution in [0.15, 0.2) is 133 Å². The van der Waals surface area contributed by atoms with E-state index >= 15 is 0 Å². The molecule has 2 aliphatic carbocycles. The van der Waals surface area contributed by atoms with Gasteiger partial charge in [0.15, 0.2) is 0 Å². The summed E-state index contributed by atoms with van der Waals surface area (Å²) in [6.07, 6.45) is 3.48. The zero-order valence-electron chi connectivity index (χ0n) is 44.3. The molecule has 0 unspecified atom stereocenters. The number of aryl methyl sites for hydroxylation is 2. The van der Waals surface area contributed by atoms with E-state index in [0.717, 1.165) is 6.42 Å². The molecule has 7 aromatic carbocycles. The number of nitrogens with zero attached hydrogens (tertiary/aromatic N) is 2. The van der Waals surface area contributed by atoms with Crippen molar-refractivity contribution in [3.05, 3.63) is 184 Å². The number of hydrogen-bond acceptors (Lipinski definition) is 2. The molecule has 0 bridgehead atoms. The number of rotatable bonds is 5. The number of hydrogen-bond donors (Lipinski definition) is 0. The molecule has 4 aliphatic rings. The van der Waals surface area contributed by atoms with Crippen LogP contribution in [0.3, 0.4) is 0 Å². The van der Waals surface area contributed by atoms with E-state index in [1.54, 1.807) is 0 Å². The first-order valence-corrected chi connectivity index (χ1v) is 25.9. The second-order valence-electron chi connectivity index (χ2n) is 25.8. The third-order valence-electron chi connectivity index (χ3n) is 17.5. The van der Waals surface area contributed by atoms with Crippen molar-refractivity contribution in [2.75, 3.05) is 9.80 Å². The molecule has 0 saturated carbocycles. The summed E-state index contributed by atoms with van der Waals surface area (Å²) < 4.78 is 0. The summed E-state index contributed by atoms with van der Waals surface area (Å²) in [6.45, 7) is 36.3. The molecule has 0 radical (unpaired) electrons. The van der Waals surface area contributed by atoms with E-state index in [0.29, 0.717) is 0 Å². The lowest BCUT2D eigenvalue weighted by Crippen LogP contribution is -2.62. The number of anilines is 6. The van der Waals surface area contributed by atoms with E-state index in [1.807, 2.05) is 0 Å². The molecule has 0 aromatic heterocycles. The van der Waals surface area contributed by atoms with E-state index < -0.39 is 0 Å². The molecule has 0 amide bonds. The van der Waals surface area contributed by atoms with Crippen LogP contribution in [0.2, 0.25) is 0 Å². The fourth-order valence-corrected chi connectivity index (χ4v) is 13.5. The molecule has 0 spiro atoms. The fraction of sp³-hybridized carbons (Fsp3) is 0.364. The predicted molar refractivity (Wildman–Crippen MR) is 299 cm³/mol. The van der Waals surface area contributed by atoms with E-state index in [-0.39, 0.29) is 39.2 Å². The lowest BCUT2D eigenvalue weighted by Gasteiger charge is -2.47. The molecule has 69 heavy (non-hydrogen) atoms. The Morgan fingerprint density at radius 1 is 0.435 bits per heavy atom. The molecule has 11 rings (SSSR count). The maximum absolute atomic E-state index is 2.69. The molecule has 7 aromatic rings. The molecule has 2 aliphatic heterocycles. The first kappa shape index (κ1) is 45.6. The third-order valence-corrected chi connectivity index (χ3v) is 17.5. The number of benzene rings is 7. The Labute approximate surface area is 415 Å². The Hall–Kier alpha value is -5.80. The predicted octanol–water partition coefficient (Wildman–Crippen LogP) is 16.0. The highest BCUT2D eigenvalue weighted by atomic mass is 15.2. The molecular weight excluding hydrogens is 832 g/mol. The third kappa shape index (κ3) is 7.02. The minimum Gasteiger partial charge on any atom is -0.311 e. The van der Waals surface area contributed by atoms with Crippen LogP contribution in [-0.2, 0) is 32.5 Å². The van der Waals surface area contributed by atoms with Crippen molar-refractivity contribution in [3.63, 3.8) is 0 Å². The first-order chi connectivity index (χ1) is 32.4. The lowest BCUT2D eigenvalue weighted by atomic mass is 9.33. The fourth-order valence-electron chi connectivity index (χ4n) is 13.5. The highest BCUT2D eigenvalue weighted by Crippen LogP contribution is 2.55. The zero-order valence-corrected chi connectivity index (χ0v) is 44.3. The smallest absolute Gasteiger partial charge is 0.252 e. The molecule has 2 heterocycles. The van der Waals surface area contributed by atoms with Crippen LogP contribution in [0.25, 0.3) is 11.1 Å². The van der Waals surface area contributed by atoms with Gasteiger partial charge in [0, 0.05) is 39.4 Å². The van der Waals surface area contributed by atoms with Crippen LogP contribution >= 0.6 is 0 Å². The Kier molecular flexibility index (Phi) is 9.99. The maximum atomic E-state index is 2.69. The van der Waals surface area contributed by atoms with Crippen molar-refractivity contribution >= 4 is 57.2 Å². The number of fused-ring (bicyclic) bond motifs is 6. The molecule has 0 fully saturated rings. The molecule has 2 nitrogen and oxygen atoms in total. The van der Waals surface area contributed by atoms with E-state index in [1.165, 1.54) is 125 Å². The minimum atomic E-state index is -0.221. The van der Waals surface area contributed by atoms with Crippen LogP contribution in [0, 0.1) is 13.8 Å². The first-order valence-electron chi connectivity index (χ1n) is 25.9.